The fraction of sp³-hybridized carbons (Fsp3) is 0.101. The second-order valence-corrected chi connectivity index (χ2v) is 19.2. The number of aliphatic carboxylic acids is 2. The van der Waals surface area contributed by atoms with Gasteiger partial charge in [0.2, 0.25) is 0 Å². The summed E-state index contributed by atoms with van der Waals surface area (Å²) in [6, 6.07) is 70.3. The number of carbonyl (C=O) groups is 2. The van der Waals surface area contributed by atoms with Crippen molar-refractivity contribution in [2.75, 3.05) is 0 Å². The van der Waals surface area contributed by atoms with E-state index in [1.54, 1.807) is 12.2 Å². The number of carboxylic acids is 2. The van der Waals surface area contributed by atoms with Crippen molar-refractivity contribution in [3.05, 3.63) is 264 Å². The van der Waals surface area contributed by atoms with Gasteiger partial charge < -0.3 is 19.0 Å². The Labute approximate surface area is 449 Å². The van der Waals surface area contributed by atoms with Gasteiger partial charge in [0.15, 0.2) is 0 Å². The lowest BCUT2D eigenvalue weighted by atomic mass is 9.96. The molecule has 0 saturated carbocycles. The highest BCUT2D eigenvalue weighted by Crippen LogP contribution is 2.39. The largest absolute Gasteiger partial charge is 0.481 e. The zero-order chi connectivity index (χ0) is 54.2. The predicted molar refractivity (Wildman–Crippen MR) is 307 cm³/mol. The number of carboxylic acid groups (broad SMARTS) is 2. The van der Waals surface area contributed by atoms with Crippen LogP contribution >= 0.6 is 0 Å². The van der Waals surface area contributed by atoms with E-state index in [1.165, 1.54) is 23.8 Å². The summed E-state index contributed by atoms with van der Waals surface area (Å²) in [5.41, 5.74) is 13.8. The van der Waals surface area contributed by atoms with Crippen LogP contribution in [-0.2, 0) is 28.6 Å². The Hall–Kier alpha value is -9.47. The van der Waals surface area contributed by atoms with Crippen molar-refractivity contribution in [1.82, 2.24) is 0 Å². The van der Waals surface area contributed by atoms with Crippen molar-refractivity contribution < 1.29 is 41.8 Å². The molecule has 0 fully saturated rings. The molecule has 78 heavy (non-hydrogen) atoms. The third kappa shape index (κ3) is 12.0. The first-order valence-electron chi connectivity index (χ1n) is 25.7. The second-order valence-electron chi connectivity index (χ2n) is 19.2. The Bertz CT molecular complexity index is 3920. The SMILES string of the molecule is CCC(/C=C/c1ccc(-c2ccc(-c3c(Cc4ccccc4)oc4ccccc34)cc2)cc1)C(=O)O.O=C(O)C(/C=C/c1ccc(-c2ccc(-c3cccc4c3oc3ccccc34)cc2)cc1)Cc1cccc(C(F)(F)F)c1. The average molecular weight is 1040 g/mol. The minimum atomic E-state index is -4.48. The molecule has 0 bridgehead atoms. The van der Waals surface area contributed by atoms with Crippen molar-refractivity contribution in [1.29, 1.82) is 0 Å². The molecule has 2 aromatic heterocycles. The van der Waals surface area contributed by atoms with E-state index in [-0.39, 0.29) is 6.42 Å². The maximum atomic E-state index is 13.0. The number of para-hydroxylation sites is 3. The molecule has 11 rings (SSSR count). The van der Waals surface area contributed by atoms with Crippen LogP contribution in [0.5, 0.6) is 0 Å². The molecule has 386 valence electrons. The van der Waals surface area contributed by atoms with Crippen LogP contribution in [0, 0.1) is 11.8 Å². The van der Waals surface area contributed by atoms with E-state index in [9.17, 15) is 33.0 Å². The van der Waals surface area contributed by atoms with Gasteiger partial charge in [0.1, 0.15) is 22.5 Å². The van der Waals surface area contributed by atoms with E-state index >= 15 is 0 Å². The monoisotopic (exact) mass is 1030 g/mol. The van der Waals surface area contributed by atoms with E-state index in [0.717, 1.165) is 113 Å². The highest BCUT2D eigenvalue weighted by atomic mass is 19.4. The molecule has 2 heterocycles. The third-order valence-corrected chi connectivity index (χ3v) is 14.0. The first-order chi connectivity index (χ1) is 37.9. The molecule has 0 saturated heterocycles. The van der Waals surface area contributed by atoms with Crippen LogP contribution in [0.1, 0.15) is 46.9 Å². The van der Waals surface area contributed by atoms with Gasteiger partial charge in [-0.15, -0.1) is 0 Å². The van der Waals surface area contributed by atoms with Crippen molar-refractivity contribution >= 4 is 57.0 Å². The van der Waals surface area contributed by atoms with Gasteiger partial charge in [0, 0.05) is 33.7 Å². The van der Waals surface area contributed by atoms with Crippen molar-refractivity contribution in [3.63, 3.8) is 0 Å². The molecule has 0 spiro atoms. The van der Waals surface area contributed by atoms with Crippen LogP contribution < -0.4 is 0 Å². The Balaban J connectivity index is 0.000000179. The van der Waals surface area contributed by atoms with Crippen molar-refractivity contribution in [2.45, 2.75) is 32.4 Å². The van der Waals surface area contributed by atoms with Gasteiger partial charge in [-0.25, -0.2) is 0 Å². The molecule has 9 heteroatoms. The normalized spacial score (nSPS) is 12.5. The average Bonchev–Trinajstić information content (AvgIpc) is 4.16. The molecule has 9 aromatic carbocycles. The summed E-state index contributed by atoms with van der Waals surface area (Å²) in [7, 11) is 0. The van der Waals surface area contributed by atoms with Gasteiger partial charge in [0.25, 0.3) is 0 Å². The minimum absolute atomic E-state index is 0.0397. The van der Waals surface area contributed by atoms with E-state index < -0.39 is 35.5 Å². The molecule has 0 aliphatic carbocycles. The summed E-state index contributed by atoms with van der Waals surface area (Å²) in [5.74, 6) is -2.33. The second kappa shape index (κ2) is 23.2. The van der Waals surface area contributed by atoms with Crippen LogP contribution in [0.4, 0.5) is 13.2 Å². The lowest BCUT2D eigenvalue weighted by Crippen LogP contribution is -2.14. The van der Waals surface area contributed by atoms with E-state index in [2.05, 4.69) is 115 Å². The summed E-state index contributed by atoms with van der Waals surface area (Å²) in [4.78, 5) is 23.0. The quantitative estimate of drug-likeness (QED) is 0.106. The van der Waals surface area contributed by atoms with Crippen LogP contribution in [-0.4, -0.2) is 22.2 Å². The van der Waals surface area contributed by atoms with E-state index in [4.69, 9.17) is 8.83 Å². The lowest BCUT2D eigenvalue weighted by molar-refractivity contribution is -0.141. The van der Waals surface area contributed by atoms with Gasteiger partial charge in [-0.05, 0) is 86.7 Å². The molecule has 2 atom stereocenters. The Morgan fingerprint density at radius 3 is 1.54 bits per heavy atom. The number of halogens is 3. The molecule has 0 radical (unpaired) electrons. The van der Waals surface area contributed by atoms with Crippen molar-refractivity contribution in [3.8, 4) is 44.5 Å². The number of hydrogen-bond acceptors (Lipinski definition) is 4. The first kappa shape index (κ1) is 52.0. The van der Waals surface area contributed by atoms with E-state index in [0.29, 0.717) is 12.0 Å². The Morgan fingerprint density at radius 2 is 0.962 bits per heavy atom. The van der Waals surface area contributed by atoms with Crippen molar-refractivity contribution in [2.24, 2.45) is 11.8 Å². The number of hydrogen-bond donors (Lipinski definition) is 2. The van der Waals surface area contributed by atoms with Gasteiger partial charge in [-0.2, -0.15) is 13.2 Å². The lowest BCUT2D eigenvalue weighted by Gasteiger charge is -2.11. The van der Waals surface area contributed by atoms with Gasteiger partial charge in [-0.1, -0.05) is 231 Å². The molecule has 6 nitrogen and oxygen atoms in total. The fourth-order valence-electron chi connectivity index (χ4n) is 9.75. The molecular weight excluding hydrogens is 982 g/mol. The molecule has 2 N–H and O–H groups in total. The summed E-state index contributed by atoms with van der Waals surface area (Å²) < 4.78 is 51.6. The number of rotatable bonds is 15. The zero-order valence-corrected chi connectivity index (χ0v) is 42.5. The maximum absolute atomic E-state index is 13.0. The van der Waals surface area contributed by atoms with Crippen LogP contribution in [0.15, 0.2) is 239 Å². The number of alkyl halides is 3. The summed E-state index contributed by atoms with van der Waals surface area (Å²) in [6.45, 7) is 1.88. The topological polar surface area (TPSA) is 101 Å². The maximum Gasteiger partial charge on any atom is 0.416 e. The smallest absolute Gasteiger partial charge is 0.416 e. The third-order valence-electron chi connectivity index (χ3n) is 14.0. The predicted octanol–water partition coefficient (Wildman–Crippen LogP) is 18.4. The molecule has 0 amide bonds. The Morgan fingerprint density at radius 1 is 0.487 bits per heavy atom. The summed E-state index contributed by atoms with van der Waals surface area (Å²) >= 11 is 0. The molecule has 0 aliphatic heterocycles. The number of furan rings is 2. The molecular formula is C69H53F3O6. The first-order valence-corrected chi connectivity index (χ1v) is 25.7. The fourth-order valence-corrected chi connectivity index (χ4v) is 9.75. The standard InChI is InChI=1S/C36H25F3O3.C33H28O3/c37-36(38,39)29-6-3-5-24(22-29)21-28(35(40)41)16-13-23-11-14-25(15-12-23)26-17-19-27(20-18-26)30-8-4-9-32-31-7-1-2-10-33(31)42-34(30)32;1-2-25(33(34)35)15-12-23-13-16-26(17-14-23)27-18-20-28(21-19-27)32-29-10-6-7-11-30(29)36-31(32)22-24-8-4-3-5-9-24/h1-20,22,28H,21H2,(H,40,41);3-21,25H,2,22H2,1H3,(H,34,35)/b16-13+;15-12+. The minimum Gasteiger partial charge on any atom is -0.481 e. The summed E-state index contributed by atoms with van der Waals surface area (Å²) in [6.07, 6.45) is 3.65. The molecule has 0 aliphatic rings. The highest BCUT2D eigenvalue weighted by molar-refractivity contribution is 6.09. The van der Waals surface area contributed by atoms with Crippen LogP contribution in [0.3, 0.4) is 0 Å². The van der Waals surface area contributed by atoms with Gasteiger partial charge in [0.05, 0.1) is 17.4 Å². The zero-order valence-electron chi connectivity index (χ0n) is 42.5. The summed E-state index contributed by atoms with van der Waals surface area (Å²) in [5, 5.41) is 22.2. The Kier molecular flexibility index (Phi) is 15.5. The van der Waals surface area contributed by atoms with E-state index in [1.807, 2.05) is 91.9 Å². The molecule has 11 aromatic rings. The molecule has 2 unspecified atom stereocenters. The van der Waals surface area contributed by atoms with Crippen LogP contribution in [0.25, 0.3) is 89.6 Å². The number of benzene rings is 9. The highest BCUT2D eigenvalue weighted by Gasteiger charge is 2.31. The number of fused-ring (bicyclic) bond motifs is 4. The van der Waals surface area contributed by atoms with Crippen LogP contribution in [0.2, 0.25) is 0 Å². The van der Waals surface area contributed by atoms with Gasteiger partial charge in [-0.3, -0.25) is 9.59 Å². The van der Waals surface area contributed by atoms with Gasteiger partial charge >= 0.3 is 18.1 Å².